The van der Waals surface area contributed by atoms with E-state index >= 15 is 0 Å². The summed E-state index contributed by atoms with van der Waals surface area (Å²) in [4.78, 5) is 27.8. The second kappa shape index (κ2) is 11.7. The van der Waals surface area contributed by atoms with Gasteiger partial charge in [-0.25, -0.2) is 8.42 Å². The number of nitrogens with zero attached hydrogens (tertiary/aromatic N) is 2. The Morgan fingerprint density at radius 1 is 0.972 bits per heavy atom. The van der Waals surface area contributed by atoms with Crippen LogP contribution in [0.2, 0.25) is 0 Å². The number of sulfonamides is 1. The first-order chi connectivity index (χ1) is 17.1. The Morgan fingerprint density at radius 3 is 2.28 bits per heavy atom. The van der Waals surface area contributed by atoms with Gasteiger partial charge in [-0.3, -0.25) is 13.9 Å². The predicted octanol–water partition coefficient (Wildman–Crippen LogP) is 4.42. The van der Waals surface area contributed by atoms with Crippen molar-refractivity contribution in [2.45, 2.75) is 38.3 Å². The van der Waals surface area contributed by atoms with Crippen molar-refractivity contribution < 1.29 is 18.0 Å². The molecule has 9 heteroatoms. The summed E-state index contributed by atoms with van der Waals surface area (Å²) >= 11 is 3.44. The molecule has 2 amide bonds. The molecule has 0 saturated heterocycles. The van der Waals surface area contributed by atoms with Crippen molar-refractivity contribution in [3.63, 3.8) is 0 Å². The number of benzene rings is 3. The van der Waals surface area contributed by atoms with Crippen LogP contribution in [0, 0.1) is 13.8 Å². The van der Waals surface area contributed by atoms with Crippen molar-refractivity contribution in [3.05, 3.63) is 94.0 Å². The highest BCUT2D eigenvalue weighted by molar-refractivity contribution is 9.10. The molecule has 0 aliphatic rings. The highest BCUT2D eigenvalue weighted by Crippen LogP contribution is 2.29. The van der Waals surface area contributed by atoms with Crippen molar-refractivity contribution >= 4 is 43.5 Å². The predicted molar refractivity (Wildman–Crippen MR) is 145 cm³/mol. The number of hydrogen-bond donors (Lipinski definition) is 1. The highest BCUT2D eigenvalue weighted by Gasteiger charge is 2.33. The zero-order valence-electron chi connectivity index (χ0n) is 20.7. The van der Waals surface area contributed by atoms with Crippen LogP contribution in [0.4, 0.5) is 5.69 Å². The van der Waals surface area contributed by atoms with Gasteiger partial charge in [-0.1, -0.05) is 58.4 Å². The number of rotatable bonds is 9. The molecule has 0 unspecified atom stereocenters. The van der Waals surface area contributed by atoms with Crippen LogP contribution in [0.5, 0.6) is 0 Å². The minimum absolute atomic E-state index is 0.0802. The van der Waals surface area contributed by atoms with Gasteiger partial charge in [0.2, 0.25) is 11.8 Å². The van der Waals surface area contributed by atoms with E-state index in [1.807, 2.05) is 44.2 Å². The van der Waals surface area contributed by atoms with E-state index in [9.17, 15) is 18.0 Å². The summed E-state index contributed by atoms with van der Waals surface area (Å²) in [6, 6.07) is 20.0. The zero-order chi connectivity index (χ0) is 26.5. The van der Waals surface area contributed by atoms with Crippen LogP contribution in [0.25, 0.3) is 0 Å². The van der Waals surface area contributed by atoms with Gasteiger partial charge in [0.15, 0.2) is 0 Å². The van der Waals surface area contributed by atoms with Gasteiger partial charge in [-0.15, -0.1) is 0 Å². The molecular weight excluding hydrogens is 542 g/mol. The lowest BCUT2D eigenvalue weighted by molar-refractivity contribution is -0.139. The molecule has 3 aromatic carbocycles. The standard InChI is InChI=1S/C27H30BrN3O4S/c1-19-10-8-15-25(20(19)2)31(36(34,35)24-13-6-5-7-14-24)18-26(32)30(21(3)27(33)29-4)17-22-11-9-12-23(28)16-22/h5-16,21H,17-18H2,1-4H3,(H,29,33)/t21-/m0/s1. The number of hydrogen-bond acceptors (Lipinski definition) is 4. The summed E-state index contributed by atoms with van der Waals surface area (Å²) in [5.41, 5.74) is 2.88. The third-order valence-electron chi connectivity index (χ3n) is 6.11. The maximum atomic E-state index is 13.8. The van der Waals surface area contributed by atoms with Gasteiger partial charge in [0.25, 0.3) is 10.0 Å². The molecule has 190 valence electrons. The second-order valence-corrected chi connectivity index (χ2v) is 11.3. The number of aryl methyl sites for hydroxylation is 1. The molecule has 3 aromatic rings. The number of carbonyl (C=O) groups is 2. The van der Waals surface area contributed by atoms with E-state index in [0.717, 1.165) is 25.5 Å². The minimum Gasteiger partial charge on any atom is -0.357 e. The molecule has 0 fully saturated rings. The fourth-order valence-electron chi connectivity index (χ4n) is 3.86. The number of halogens is 1. The number of amides is 2. The van der Waals surface area contributed by atoms with Gasteiger partial charge in [-0.05, 0) is 67.8 Å². The molecule has 0 spiro atoms. The van der Waals surface area contributed by atoms with Crippen LogP contribution in [0.15, 0.2) is 82.2 Å². The third kappa shape index (κ3) is 6.14. The fraction of sp³-hybridized carbons (Fsp3) is 0.259. The van der Waals surface area contributed by atoms with Crippen LogP contribution < -0.4 is 9.62 Å². The summed E-state index contributed by atoms with van der Waals surface area (Å²) in [7, 11) is -2.57. The average Bonchev–Trinajstić information content (AvgIpc) is 2.87. The smallest absolute Gasteiger partial charge is 0.264 e. The summed E-state index contributed by atoms with van der Waals surface area (Å²) in [5, 5.41) is 2.58. The van der Waals surface area contributed by atoms with Crippen LogP contribution in [0.1, 0.15) is 23.6 Å². The molecule has 0 aliphatic carbocycles. The Kier molecular flexibility index (Phi) is 8.92. The normalized spacial score (nSPS) is 12.0. The van der Waals surface area contributed by atoms with Crippen LogP contribution >= 0.6 is 15.9 Å². The Hall–Kier alpha value is -3.17. The quantitative estimate of drug-likeness (QED) is 0.411. The van der Waals surface area contributed by atoms with Crippen LogP contribution in [-0.4, -0.2) is 44.8 Å². The Balaban J connectivity index is 2.07. The molecule has 7 nitrogen and oxygen atoms in total. The van der Waals surface area contributed by atoms with Gasteiger partial charge in [0.05, 0.1) is 10.6 Å². The maximum Gasteiger partial charge on any atom is 0.264 e. The molecule has 3 rings (SSSR count). The van der Waals surface area contributed by atoms with Crippen molar-refractivity contribution in [2.75, 3.05) is 17.9 Å². The summed E-state index contributed by atoms with van der Waals surface area (Å²) in [6.07, 6.45) is 0. The van der Waals surface area contributed by atoms with Gasteiger partial charge >= 0.3 is 0 Å². The van der Waals surface area contributed by atoms with E-state index in [0.29, 0.717) is 5.69 Å². The van der Waals surface area contributed by atoms with E-state index in [-0.39, 0.29) is 17.3 Å². The first-order valence-corrected chi connectivity index (χ1v) is 13.7. The van der Waals surface area contributed by atoms with Gasteiger partial charge < -0.3 is 10.2 Å². The van der Waals surface area contributed by atoms with Crippen molar-refractivity contribution in [1.82, 2.24) is 10.2 Å². The van der Waals surface area contributed by atoms with E-state index in [2.05, 4.69) is 21.2 Å². The average molecular weight is 573 g/mol. The monoisotopic (exact) mass is 571 g/mol. The van der Waals surface area contributed by atoms with E-state index in [1.165, 1.54) is 24.1 Å². The zero-order valence-corrected chi connectivity index (χ0v) is 23.1. The number of anilines is 1. The fourth-order valence-corrected chi connectivity index (χ4v) is 5.80. The number of carbonyl (C=O) groups excluding carboxylic acids is 2. The third-order valence-corrected chi connectivity index (χ3v) is 8.38. The molecule has 0 aromatic heterocycles. The molecule has 0 aliphatic heterocycles. The highest BCUT2D eigenvalue weighted by atomic mass is 79.9. The minimum atomic E-state index is -4.08. The summed E-state index contributed by atoms with van der Waals surface area (Å²) in [6.45, 7) is 5.02. The molecule has 0 bridgehead atoms. The lowest BCUT2D eigenvalue weighted by Gasteiger charge is -2.32. The number of nitrogens with one attached hydrogen (secondary N) is 1. The first kappa shape index (κ1) is 27.4. The van der Waals surface area contributed by atoms with Gasteiger partial charge in [-0.2, -0.15) is 0 Å². The van der Waals surface area contributed by atoms with Crippen molar-refractivity contribution in [3.8, 4) is 0 Å². The molecular formula is C27H30BrN3O4S. The van der Waals surface area contributed by atoms with Crippen molar-refractivity contribution in [1.29, 1.82) is 0 Å². The summed E-state index contributed by atoms with van der Waals surface area (Å²) < 4.78 is 29.5. The largest absolute Gasteiger partial charge is 0.357 e. The Morgan fingerprint density at radius 2 is 1.64 bits per heavy atom. The molecule has 0 radical (unpaired) electrons. The lowest BCUT2D eigenvalue weighted by Crippen LogP contribution is -2.50. The van der Waals surface area contributed by atoms with Gasteiger partial charge in [0.1, 0.15) is 12.6 Å². The molecule has 0 saturated carbocycles. The number of likely N-dealkylation sites (N-methyl/N-ethyl adjacent to an activating group) is 1. The van der Waals surface area contributed by atoms with Gasteiger partial charge in [0, 0.05) is 18.1 Å². The van der Waals surface area contributed by atoms with E-state index in [4.69, 9.17) is 0 Å². The Labute approximate surface area is 221 Å². The van der Waals surface area contributed by atoms with E-state index < -0.39 is 28.5 Å². The second-order valence-electron chi connectivity index (χ2n) is 8.49. The van der Waals surface area contributed by atoms with Crippen LogP contribution in [0.3, 0.4) is 0 Å². The molecule has 36 heavy (non-hydrogen) atoms. The maximum absolute atomic E-state index is 13.8. The molecule has 0 heterocycles. The lowest BCUT2D eigenvalue weighted by atomic mass is 10.1. The first-order valence-electron chi connectivity index (χ1n) is 11.5. The molecule has 1 N–H and O–H groups in total. The van der Waals surface area contributed by atoms with Crippen LogP contribution in [-0.2, 0) is 26.2 Å². The summed E-state index contributed by atoms with van der Waals surface area (Å²) in [5.74, 6) is -0.839. The Bertz CT molecular complexity index is 1350. The SMILES string of the molecule is CNC(=O)[C@H](C)N(Cc1cccc(Br)c1)C(=O)CN(c1cccc(C)c1C)S(=O)(=O)c1ccccc1. The van der Waals surface area contributed by atoms with Crippen molar-refractivity contribution in [2.24, 2.45) is 0 Å². The topological polar surface area (TPSA) is 86.8 Å². The van der Waals surface area contributed by atoms with E-state index in [1.54, 1.807) is 37.3 Å². The molecule has 1 atom stereocenters.